The Morgan fingerprint density at radius 3 is 2.86 bits per heavy atom. The van der Waals surface area contributed by atoms with E-state index >= 15 is 0 Å². The Morgan fingerprint density at radius 1 is 1.36 bits per heavy atom. The Bertz CT molecular complexity index is 866. The highest BCUT2D eigenvalue weighted by atomic mass is 35.5. The third-order valence-corrected chi connectivity index (χ3v) is 5.17. The Morgan fingerprint density at radius 2 is 2.18 bits per heavy atom. The van der Waals surface area contributed by atoms with Crippen LogP contribution in [0.3, 0.4) is 0 Å². The summed E-state index contributed by atoms with van der Waals surface area (Å²) in [6.45, 7) is 1.49. The summed E-state index contributed by atoms with van der Waals surface area (Å²) in [4.78, 5) is 24.0. The predicted molar refractivity (Wildman–Crippen MR) is 88.5 cm³/mol. The van der Waals surface area contributed by atoms with Gasteiger partial charge in [-0.2, -0.15) is 0 Å². The van der Waals surface area contributed by atoms with Crippen LogP contribution in [0.4, 0.5) is 0 Å². The quantitative estimate of drug-likeness (QED) is 0.511. The molecule has 0 bridgehead atoms. The number of aromatic nitrogens is 3. The lowest BCUT2D eigenvalue weighted by Crippen LogP contribution is -1.94. The molecule has 2 heterocycles. The minimum Gasteiger partial charge on any atom is -0.436 e. The zero-order valence-electron chi connectivity index (χ0n) is 11.7. The van der Waals surface area contributed by atoms with Crippen molar-refractivity contribution >= 4 is 50.8 Å². The van der Waals surface area contributed by atoms with Crippen molar-refractivity contribution in [1.29, 1.82) is 0 Å². The van der Waals surface area contributed by atoms with Gasteiger partial charge in [-0.05, 0) is 31.4 Å². The Kier molecular flexibility index (Phi) is 4.28. The molecule has 5 nitrogen and oxygen atoms in total. The monoisotopic (exact) mass is 351 g/mol. The fourth-order valence-electron chi connectivity index (χ4n) is 1.78. The van der Waals surface area contributed by atoms with E-state index in [0.717, 1.165) is 9.04 Å². The van der Waals surface area contributed by atoms with Gasteiger partial charge in [-0.15, -0.1) is 11.3 Å². The Labute approximate surface area is 139 Å². The molecule has 0 aliphatic rings. The number of thioether (sulfide) groups is 1. The molecule has 0 aliphatic heterocycles. The van der Waals surface area contributed by atoms with Crippen molar-refractivity contribution in [1.82, 2.24) is 15.0 Å². The number of ketones is 1. The van der Waals surface area contributed by atoms with Crippen molar-refractivity contribution < 1.29 is 9.53 Å². The lowest BCUT2D eigenvalue weighted by atomic mass is 10.1. The second-order valence-corrected chi connectivity index (χ2v) is 6.78. The molecule has 0 saturated heterocycles. The minimum absolute atomic E-state index is 0.0510. The lowest BCUT2D eigenvalue weighted by Gasteiger charge is -2.07. The molecule has 2 aromatic heterocycles. The molecule has 0 unspecified atom stereocenters. The van der Waals surface area contributed by atoms with Crippen LogP contribution in [0.25, 0.3) is 10.3 Å². The lowest BCUT2D eigenvalue weighted by molar-refractivity contribution is 0.101. The number of rotatable bonds is 4. The normalized spacial score (nSPS) is 10.9. The van der Waals surface area contributed by atoms with Crippen LogP contribution in [-0.4, -0.2) is 27.0 Å². The first-order valence-electron chi connectivity index (χ1n) is 6.22. The van der Waals surface area contributed by atoms with Gasteiger partial charge in [0.2, 0.25) is 5.88 Å². The van der Waals surface area contributed by atoms with Crippen molar-refractivity contribution in [2.75, 3.05) is 6.26 Å². The van der Waals surface area contributed by atoms with E-state index in [4.69, 9.17) is 16.3 Å². The van der Waals surface area contributed by atoms with Gasteiger partial charge in [0.25, 0.3) is 0 Å². The molecule has 3 aromatic rings. The smallest absolute Gasteiger partial charge is 0.242 e. The minimum atomic E-state index is -0.0510. The van der Waals surface area contributed by atoms with Gasteiger partial charge in [0.15, 0.2) is 15.8 Å². The summed E-state index contributed by atoms with van der Waals surface area (Å²) in [6, 6.07) is 4.91. The van der Waals surface area contributed by atoms with E-state index < -0.39 is 0 Å². The summed E-state index contributed by atoms with van der Waals surface area (Å²) in [5.41, 5.74) is 1.13. The van der Waals surface area contributed by atoms with Crippen LogP contribution < -0.4 is 4.74 Å². The van der Waals surface area contributed by atoms with Crippen LogP contribution in [0.15, 0.2) is 28.9 Å². The van der Waals surface area contributed by atoms with Crippen LogP contribution in [0.1, 0.15) is 17.3 Å². The molecule has 1 aromatic carbocycles. The molecule has 0 aliphatic carbocycles. The molecule has 0 radical (unpaired) electrons. The van der Waals surface area contributed by atoms with Gasteiger partial charge in [-0.1, -0.05) is 23.4 Å². The number of fused-ring (bicyclic) bond motifs is 1. The van der Waals surface area contributed by atoms with E-state index in [-0.39, 0.29) is 5.78 Å². The number of hydrogen-bond acceptors (Lipinski definition) is 7. The first kappa shape index (κ1) is 15.2. The zero-order chi connectivity index (χ0) is 15.7. The van der Waals surface area contributed by atoms with Gasteiger partial charge in [-0.3, -0.25) is 4.79 Å². The maximum Gasteiger partial charge on any atom is 0.242 e. The van der Waals surface area contributed by atoms with Crippen molar-refractivity contribution in [3.63, 3.8) is 0 Å². The summed E-state index contributed by atoms with van der Waals surface area (Å²) in [6.07, 6.45) is 3.35. The molecular formula is C14H10ClN3O2S2. The highest BCUT2D eigenvalue weighted by Crippen LogP contribution is 2.36. The number of hydrogen-bond donors (Lipinski definition) is 0. The largest absolute Gasteiger partial charge is 0.436 e. The van der Waals surface area contributed by atoms with E-state index in [0.29, 0.717) is 27.9 Å². The molecule has 8 heteroatoms. The average Bonchev–Trinajstić information content (AvgIpc) is 2.93. The van der Waals surface area contributed by atoms with Crippen LogP contribution in [0, 0.1) is 0 Å². The summed E-state index contributed by atoms with van der Waals surface area (Å²) in [7, 11) is 0. The van der Waals surface area contributed by atoms with Crippen LogP contribution >= 0.6 is 34.7 Å². The molecule has 3 rings (SSSR count). The van der Waals surface area contributed by atoms with Crippen molar-refractivity contribution in [3.05, 3.63) is 35.1 Å². The summed E-state index contributed by atoms with van der Waals surface area (Å²) >= 11 is 9.17. The molecule has 0 saturated carbocycles. The van der Waals surface area contributed by atoms with E-state index in [1.165, 1.54) is 36.3 Å². The first-order chi connectivity index (χ1) is 10.6. The molecule has 0 N–H and O–H groups in total. The number of ether oxygens (including phenoxy) is 1. The number of thiazole rings is 1. The molecule has 112 valence electrons. The molecule has 0 fully saturated rings. The maximum absolute atomic E-state index is 11.3. The van der Waals surface area contributed by atoms with Gasteiger partial charge in [0.1, 0.15) is 16.8 Å². The van der Waals surface area contributed by atoms with Crippen molar-refractivity contribution in [2.45, 2.75) is 11.3 Å². The number of nitrogens with zero attached hydrogens (tertiary/aromatic N) is 3. The number of carbonyl (C=O) groups is 1. The number of benzene rings is 1. The topological polar surface area (TPSA) is 65.0 Å². The van der Waals surface area contributed by atoms with Gasteiger partial charge in [0.05, 0.1) is 5.02 Å². The van der Waals surface area contributed by atoms with Crippen molar-refractivity contribution in [3.8, 4) is 11.6 Å². The zero-order valence-corrected chi connectivity index (χ0v) is 14.1. The summed E-state index contributed by atoms with van der Waals surface area (Å²) < 4.78 is 7.43. The Balaban J connectivity index is 1.99. The average molecular weight is 352 g/mol. The standard InChI is InChI=1S/C14H10ClN3O2S2/c1-7(19)8-3-4-10(9(15)5-8)20-13-11-12(16-6-17-13)18-14(21-2)22-11/h3-6H,1-2H3. The second-order valence-electron chi connectivity index (χ2n) is 4.32. The van der Waals surface area contributed by atoms with Gasteiger partial charge in [-0.25, -0.2) is 15.0 Å². The second kappa shape index (κ2) is 6.20. The fraction of sp³-hybridized carbons (Fsp3) is 0.143. The Hall–Kier alpha value is -1.70. The molecule has 0 amide bonds. The third kappa shape index (κ3) is 2.92. The van der Waals surface area contributed by atoms with Crippen LogP contribution in [0.5, 0.6) is 11.6 Å². The maximum atomic E-state index is 11.3. The van der Waals surface area contributed by atoms with E-state index in [1.54, 1.807) is 18.2 Å². The highest BCUT2D eigenvalue weighted by Gasteiger charge is 2.14. The van der Waals surface area contributed by atoms with Crippen LogP contribution in [0.2, 0.25) is 5.02 Å². The van der Waals surface area contributed by atoms with Gasteiger partial charge < -0.3 is 4.74 Å². The summed E-state index contributed by atoms with van der Waals surface area (Å²) in [5, 5.41) is 0.356. The number of carbonyl (C=O) groups excluding carboxylic acids is 1. The molecule has 22 heavy (non-hydrogen) atoms. The highest BCUT2D eigenvalue weighted by molar-refractivity contribution is 8.00. The van der Waals surface area contributed by atoms with Crippen molar-refractivity contribution in [2.24, 2.45) is 0 Å². The number of halogens is 1. The van der Waals surface area contributed by atoms with E-state index in [9.17, 15) is 4.79 Å². The molecule has 0 atom stereocenters. The van der Waals surface area contributed by atoms with E-state index in [2.05, 4.69) is 15.0 Å². The molecular weight excluding hydrogens is 342 g/mol. The first-order valence-corrected chi connectivity index (χ1v) is 8.64. The summed E-state index contributed by atoms with van der Waals surface area (Å²) in [5.74, 6) is 0.788. The number of Topliss-reactive ketones (excluding diaryl/α,β-unsaturated/α-hetero) is 1. The SMILES string of the molecule is CSc1nc2ncnc(Oc3ccc(C(C)=O)cc3Cl)c2s1. The predicted octanol–water partition coefficient (Wildman–Crippen LogP) is 4.46. The van der Waals surface area contributed by atoms with Gasteiger partial charge >= 0.3 is 0 Å². The third-order valence-electron chi connectivity index (χ3n) is 2.86. The fourth-order valence-corrected chi connectivity index (χ4v) is 3.44. The molecule has 0 spiro atoms. The van der Waals surface area contributed by atoms with E-state index in [1.807, 2.05) is 6.26 Å². The van der Waals surface area contributed by atoms with Crippen LogP contribution in [-0.2, 0) is 0 Å². The van der Waals surface area contributed by atoms with Gasteiger partial charge in [0, 0.05) is 5.56 Å².